The Morgan fingerprint density at radius 2 is 1.92 bits per heavy atom. The minimum Gasteiger partial charge on any atom is -0.451 e. The van der Waals surface area contributed by atoms with Crippen LogP contribution in [0.15, 0.2) is 0 Å². The van der Waals surface area contributed by atoms with Crippen LogP contribution in [-0.4, -0.2) is 24.7 Å². The molecule has 72 valence electrons. The van der Waals surface area contributed by atoms with E-state index in [0.29, 0.717) is 12.5 Å². The van der Waals surface area contributed by atoms with Crippen molar-refractivity contribution >= 4 is 17.0 Å². The molecule has 4 heteroatoms. The predicted molar refractivity (Wildman–Crippen MR) is 47.5 cm³/mol. The first-order valence-corrected chi connectivity index (χ1v) is 4.34. The molecule has 0 saturated heterocycles. The lowest BCUT2D eigenvalue weighted by Crippen LogP contribution is -2.19. The van der Waals surface area contributed by atoms with E-state index >= 15 is 0 Å². The molecule has 0 fully saturated rings. The molecule has 0 N–H and O–H groups in total. The fourth-order valence-electron chi connectivity index (χ4n) is 0.588. The topological polar surface area (TPSA) is 35.5 Å². The molecule has 12 heavy (non-hydrogen) atoms. The van der Waals surface area contributed by atoms with Crippen LogP contribution in [0.25, 0.3) is 0 Å². The Kier molecular flexibility index (Phi) is 6.11. The van der Waals surface area contributed by atoms with Crippen molar-refractivity contribution < 1.29 is 14.3 Å². The van der Waals surface area contributed by atoms with Gasteiger partial charge in [0, 0.05) is 18.2 Å². The summed E-state index contributed by atoms with van der Waals surface area (Å²) in [7, 11) is 0. The molecule has 0 saturated carbocycles. The third-order valence-electron chi connectivity index (χ3n) is 1.15. The number of carbonyl (C=O) groups is 1. The lowest BCUT2D eigenvalue weighted by molar-refractivity contribution is 0.00897. The van der Waals surface area contributed by atoms with Gasteiger partial charge in [-0.2, -0.15) is 0 Å². The van der Waals surface area contributed by atoms with Gasteiger partial charge in [-0.15, -0.1) is 0 Å². The van der Waals surface area contributed by atoms with E-state index in [1.54, 1.807) is 0 Å². The third kappa shape index (κ3) is 7.82. The van der Waals surface area contributed by atoms with Crippen molar-refractivity contribution in [1.29, 1.82) is 0 Å². The SMILES string of the molecule is CC(C)COC(C)COC(=O)Cl. The number of halogens is 1. The first-order valence-electron chi connectivity index (χ1n) is 3.96. The Morgan fingerprint density at radius 3 is 2.33 bits per heavy atom. The zero-order chi connectivity index (χ0) is 9.56. The molecule has 0 aliphatic rings. The number of hydrogen-bond donors (Lipinski definition) is 0. The highest BCUT2D eigenvalue weighted by molar-refractivity contribution is 6.61. The molecule has 0 aromatic carbocycles. The van der Waals surface area contributed by atoms with Crippen molar-refractivity contribution in [2.24, 2.45) is 5.92 Å². The van der Waals surface area contributed by atoms with Gasteiger partial charge >= 0.3 is 5.43 Å². The monoisotopic (exact) mass is 194 g/mol. The van der Waals surface area contributed by atoms with E-state index in [1.165, 1.54) is 0 Å². The summed E-state index contributed by atoms with van der Waals surface area (Å²) in [6, 6.07) is 0. The molecule has 0 spiro atoms. The Balaban J connectivity index is 3.33. The summed E-state index contributed by atoms with van der Waals surface area (Å²) < 4.78 is 9.86. The van der Waals surface area contributed by atoms with Gasteiger partial charge in [-0.1, -0.05) is 13.8 Å². The van der Waals surface area contributed by atoms with Gasteiger partial charge in [-0.25, -0.2) is 4.79 Å². The number of carbonyl (C=O) groups excluding carboxylic acids is 1. The predicted octanol–water partition coefficient (Wildman–Crippen LogP) is 2.42. The maximum atomic E-state index is 10.2. The van der Waals surface area contributed by atoms with Gasteiger partial charge in [0.1, 0.15) is 6.61 Å². The molecule has 0 bridgehead atoms. The summed E-state index contributed by atoms with van der Waals surface area (Å²) in [4.78, 5) is 10.2. The van der Waals surface area contributed by atoms with E-state index in [-0.39, 0.29) is 12.7 Å². The highest BCUT2D eigenvalue weighted by atomic mass is 35.5. The molecule has 0 aliphatic carbocycles. The normalized spacial score (nSPS) is 13.1. The quantitative estimate of drug-likeness (QED) is 0.631. The maximum Gasteiger partial charge on any atom is 0.403 e. The van der Waals surface area contributed by atoms with Crippen LogP contribution in [0.4, 0.5) is 4.79 Å². The molecule has 3 nitrogen and oxygen atoms in total. The molecule has 0 rings (SSSR count). The van der Waals surface area contributed by atoms with Crippen molar-refractivity contribution in [3.8, 4) is 0 Å². The average Bonchev–Trinajstić information content (AvgIpc) is 1.96. The van der Waals surface area contributed by atoms with E-state index in [0.717, 1.165) is 0 Å². The van der Waals surface area contributed by atoms with Crippen LogP contribution in [0.2, 0.25) is 0 Å². The molecular weight excluding hydrogens is 180 g/mol. The molecule has 0 heterocycles. The second kappa shape index (κ2) is 6.26. The van der Waals surface area contributed by atoms with Crippen molar-refractivity contribution in [2.45, 2.75) is 26.9 Å². The van der Waals surface area contributed by atoms with Crippen LogP contribution < -0.4 is 0 Å². The summed E-state index contributed by atoms with van der Waals surface area (Å²) in [5, 5.41) is 0. The molecule has 0 amide bonds. The van der Waals surface area contributed by atoms with Gasteiger partial charge in [0.05, 0.1) is 6.10 Å². The van der Waals surface area contributed by atoms with Gasteiger partial charge in [-0.05, 0) is 12.8 Å². The summed E-state index contributed by atoms with van der Waals surface area (Å²) in [6.45, 7) is 6.83. The second-order valence-electron chi connectivity index (χ2n) is 3.09. The van der Waals surface area contributed by atoms with Gasteiger partial charge in [0.15, 0.2) is 0 Å². The summed E-state index contributed by atoms with van der Waals surface area (Å²) in [6.07, 6.45) is -0.0879. The van der Waals surface area contributed by atoms with Crippen molar-refractivity contribution in [3.63, 3.8) is 0 Å². The second-order valence-corrected chi connectivity index (χ2v) is 3.40. The molecule has 1 atom stereocenters. The Hall–Kier alpha value is -0.280. The highest BCUT2D eigenvalue weighted by Gasteiger charge is 2.05. The summed E-state index contributed by atoms with van der Waals surface area (Å²) in [5.41, 5.74) is -0.782. The van der Waals surface area contributed by atoms with Crippen LogP contribution in [0, 0.1) is 5.92 Å². The number of ether oxygens (including phenoxy) is 2. The van der Waals surface area contributed by atoms with Crippen LogP contribution in [-0.2, 0) is 9.47 Å². The van der Waals surface area contributed by atoms with Crippen molar-refractivity contribution in [2.75, 3.05) is 13.2 Å². The van der Waals surface area contributed by atoms with Crippen LogP contribution in [0.1, 0.15) is 20.8 Å². The van der Waals surface area contributed by atoms with Gasteiger partial charge in [0.2, 0.25) is 0 Å². The largest absolute Gasteiger partial charge is 0.451 e. The standard InChI is InChI=1S/C8H15ClO3/c1-6(2)4-11-7(3)5-12-8(9)10/h6-7H,4-5H2,1-3H3. The fraction of sp³-hybridized carbons (Fsp3) is 0.875. The van der Waals surface area contributed by atoms with Crippen molar-refractivity contribution in [1.82, 2.24) is 0 Å². The summed E-state index contributed by atoms with van der Waals surface area (Å²) in [5.74, 6) is 0.485. The summed E-state index contributed by atoms with van der Waals surface area (Å²) >= 11 is 4.97. The Labute approximate surface area is 78.0 Å². The number of hydrogen-bond acceptors (Lipinski definition) is 3. The zero-order valence-corrected chi connectivity index (χ0v) is 8.43. The lowest BCUT2D eigenvalue weighted by atomic mass is 10.2. The van der Waals surface area contributed by atoms with E-state index in [9.17, 15) is 4.79 Å². The Bertz CT molecular complexity index is 136. The maximum absolute atomic E-state index is 10.2. The number of rotatable bonds is 5. The third-order valence-corrected chi connectivity index (χ3v) is 1.25. The molecule has 0 aromatic heterocycles. The smallest absolute Gasteiger partial charge is 0.403 e. The minimum absolute atomic E-state index is 0.0879. The molecule has 0 aliphatic heterocycles. The highest BCUT2D eigenvalue weighted by Crippen LogP contribution is 1.99. The van der Waals surface area contributed by atoms with Crippen molar-refractivity contribution in [3.05, 3.63) is 0 Å². The van der Waals surface area contributed by atoms with E-state index in [1.807, 2.05) is 6.92 Å². The van der Waals surface area contributed by atoms with Crippen LogP contribution in [0.3, 0.4) is 0 Å². The van der Waals surface area contributed by atoms with Crippen LogP contribution >= 0.6 is 11.6 Å². The zero-order valence-electron chi connectivity index (χ0n) is 7.67. The minimum atomic E-state index is -0.782. The average molecular weight is 195 g/mol. The van der Waals surface area contributed by atoms with Gasteiger partial charge < -0.3 is 9.47 Å². The molecule has 0 aromatic rings. The molecule has 0 radical (unpaired) electrons. The fourth-order valence-corrected chi connectivity index (χ4v) is 0.651. The first kappa shape index (κ1) is 11.7. The lowest BCUT2D eigenvalue weighted by Gasteiger charge is -2.13. The van der Waals surface area contributed by atoms with Gasteiger partial charge in [-0.3, -0.25) is 0 Å². The first-order chi connectivity index (χ1) is 5.52. The van der Waals surface area contributed by atoms with E-state index in [4.69, 9.17) is 16.3 Å². The Morgan fingerprint density at radius 1 is 1.33 bits per heavy atom. The van der Waals surface area contributed by atoms with E-state index < -0.39 is 5.43 Å². The van der Waals surface area contributed by atoms with Gasteiger partial charge in [0.25, 0.3) is 0 Å². The molecule has 1 unspecified atom stereocenters. The van der Waals surface area contributed by atoms with E-state index in [2.05, 4.69) is 18.6 Å². The molecular formula is C8H15ClO3. The van der Waals surface area contributed by atoms with Crippen LogP contribution in [0.5, 0.6) is 0 Å².